The van der Waals surface area contributed by atoms with Gasteiger partial charge in [-0.2, -0.15) is 0 Å². The Morgan fingerprint density at radius 2 is 1.87 bits per heavy atom. The van der Waals surface area contributed by atoms with E-state index in [1.807, 2.05) is 0 Å². The highest BCUT2D eigenvalue weighted by Gasteiger charge is 2.11. The Balaban J connectivity index is 2.86. The number of halogens is 4. The van der Waals surface area contributed by atoms with Gasteiger partial charge < -0.3 is 0 Å². The lowest BCUT2D eigenvalue weighted by molar-refractivity contribution is 0.615. The molecule has 0 amide bonds. The Bertz CT molecular complexity index is 528. The Morgan fingerprint density at radius 1 is 1.20 bits per heavy atom. The Morgan fingerprint density at radius 3 is 2.53 bits per heavy atom. The highest BCUT2D eigenvalue weighted by Crippen LogP contribution is 2.25. The van der Waals surface area contributed by atoms with Crippen LogP contribution in [0.15, 0.2) is 18.2 Å². The van der Waals surface area contributed by atoms with E-state index >= 15 is 0 Å². The first kappa shape index (κ1) is 10.6. The summed E-state index contributed by atoms with van der Waals surface area (Å²) in [6, 6.07) is 3.47. The first-order valence-electron chi connectivity index (χ1n) is 4.12. The van der Waals surface area contributed by atoms with Gasteiger partial charge in [0.1, 0.15) is 22.3 Å². The van der Waals surface area contributed by atoms with Crippen molar-refractivity contribution in [3.63, 3.8) is 0 Å². The number of hydrogen-bond donors (Lipinski definition) is 0. The minimum absolute atomic E-state index is 0.0751. The predicted octanol–water partition coefficient (Wildman–Crippen LogP) is 3.91. The second kappa shape index (κ2) is 3.91. The van der Waals surface area contributed by atoms with Crippen LogP contribution < -0.4 is 0 Å². The van der Waals surface area contributed by atoms with Crippen LogP contribution in [0.25, 0.3) is 10.9 Å². The van der Waals surface area contributed by atoms with Gasteiger partial charge in [0.2, 0.25) is 0 Å². The van der Waals surface area contributed by atoms with Crippen LogP contribution in [0, 0.1) is 11.6 Å². The van der Waals surface area contributed by atoms with Gasteiger partial charge in [0, 0.05) is 10.9 Å². The summed E-state index contributed by atoms with van der Waals surface area (Å²) in [6.45, 7) is 0. The quantitative estimate of drug-likeness (QED) is 0.550. The van der Waals surface area contributed by atoms with E-state index in [-0.39, 0.29) is 21.9 Å². The van der Waals surface area contributed by atoms with E-state index in [9.17, 15) is 8.78 Å². The second-order valence-corrected chi connectivity index (χ2v) is 3.62. The predicted molar refractivity (Wildman–Crippen MR) is 56.2 cm³/mol. The molecule has 2 rings (SSSR count). The van der Waals surface area contributed by atoms with Gasteiger partial charge >= 0.3 is 0 Å². The molecule has 2 aromatic rings. The van der Waals surface area contributed by atoms with Crippen LogP contribution in [0.4, 0.5) is 8.78 Å². The van der Waals surface area contributed by atoms with E-state index in [0.29, 0.717) is 5.56 Å². The lowest BCUT2D eigenvalue weighted by atomic mass is 10.1. The third kappa shape index (κ3) is 1.77. The molecular formula is C10H5Cl2F2N. The molecule has 0 radical (unpaired) electrons. The van der Waals surface area contributed by atoms with Gasteiger partial charge in [0.25, 0.3) is 0 Å². The third-order valence-electron chi connectivity index (χ3n) is 2.05. The van der Waals surface area contributed by atoms with Gasteiger partial charge in [0.05, 0.1) is 5.88 Å². The van der Waals surface area contributed by atoms with E-state index in [0.717, 1.165) is 12.1 Å². The summed E-state index contributed by atoms with van der Waals surface area (Å²) >= 11 is 11.3. The van der Waals surface area contributed by atoms with Crippen LogP contribution in [0.2, 0.25) is 5.15 Å². The van der Waals surface area contributed by atoms with Crippen molar-refractivity contribution < 1.29 is 8.78 Å². The molecule has 15 heavy (non-hydrogen) atoms. The summed E-state index contributed by atoms with van der Waals surface area (Å²) in [7, 11) is 0. The number of aromatic nitrogens is 1. The molecule has 0 saturated carbocycles. The molecule has 0 aliphatic carbocycles. The Kier molecular flexibility index (Phi) is 2.76. The van der Waals surface area contributed by atoms with Crippen molar-refractivity contribution in [2.45, 2.75) is 5.88 Å². The van der Waals surface area contributed by atoms with Crippen molar-refractivity contribution in [3.05, 3.63) is 40.6 Å². The maximum atomic E-state index is 13.3. The zero-order chi connectivity index (χ0) is 11.0. The van der Waals surface area contributed by atoms with Crippen molar-refractivity contribution in [1.29, 1.82) is 0 Å². The molecule has 0 aliphatic rings. The molecular weight excluding hydrogens is 243 g/mol. The van der Waals surface area contributed by atoms with Crippen LogP contribution in [0.1, 0.15) is 5.56 Å². The molecule has 78 valence electrons. The van der Waals surface area contributed by atoms with Crippen molar-refractivity contribution >= 4 is 34.1 Å². The maximum Gasteiger partial charge on any atom is 0.149 e. The summed E-state index contributed by atoms with van der Waals surface area (Å²) in [4.78, 5) is 3.77. The summed E-state index contributed by atoms with van der Waals surface area (Å²) in [5.41, 5.74) is 0.407. The monoisotopic (exact) mass is 247 g/mol. The summed E-state index contributed by atoms with van der Waals surface area (Å²) < 4.78 is 26.6. The minimum atomic E-state index is -0.602. The molecule has 1 heterocycles. The van der Waals surface area contributed by atoms with Crippen molar-refractivity contribution in [1.82, 2.24) is 4.98 Å². The minimum Gasteiger partial charge on any atom is -0.233 e. The molecule has 0 atom stereocenters. The second-order valence-electron chi connectivity index (χ2n) is 3.00. The van der Waals surface area contributed by atoms with E-state index in [1.165, 1.54) is 6.07 Å². The van der Waals surface area contributed by atoms with E-state index < -0.39 is 11.6 Å². The SMILES string of the molecule is Fc1ccc(F)c2nc(Cl)c(CCl)cc12. The molecule has 1 aromatic heterocycles. The largest absolute Gasteiger partial charge is 0.233 e. The first-order valence-corrected chi connectivity index (χ1v) is 5.04. The standard InChI is InChI=1S/C10H5Cl2F2N/c11-4-5-3-6-7(13)1-2-8(14)9(6)15-10(5)12/h1-3H,4H2. The summed E-state index contributed by atoms with van der Waals surface area (Å²) in [5.74, 6) is -1.03. The molecule has 0 N–H and O–H groups in total. The molecule has 0 spiro atoms. The van der Waals surface area contributed by atoms with E-state index in [4.69, 9.17) is 23.2 Å². The average Bonchev–Trinajstić information content (AvgIpc) is 2.23. The highest BCUT2D eigenvalue weighted by atomic mass is 35.5. The molecule has 0 bridgehead atoms. The molecule has 0 unspecified atom stereocenters. The van der Waals surface area contributed by atoms with E-state index in [1.54, 1.807) is 0 Å². The first-order chi connectivity index (χ1) is 7.13. The zero-order valence-corrected chi connectivity index (χ0v) is 8.91. The molecule has 5 heteroatoms. The fourth-order valence-corrected chi connectivity index (χ4v) is 1.78. The van der Waals surface area contributed by atoms with Gasteiger partial charge in [-0.05, 0) is 18.2 Å². The normalized spacial score (nSPS) is 10.9. The lowest BCUT2D eigenvalue weighted by Gasteiger charge is -2.04. The van der Waals surface area contributed by atoms with Crippen molar-refractivity contribution in [2.75, 3.05) is 0 Å². The zero-order valence-electron chi connectivity index (χ0n) is 7.40. The van der Waals surface area contributed by atoms with Crippen LogP contribution in [-0.2, 0) is 5.88 Å². The van der Waals surface area contributed by atoms with Gasteiger partial charge in [-0.1, -0.05) is 11.6 Å². The maximum absolute atomic E-state index is 13.3. The number of benzene rings is 1. The average molecular weight is 248 g/mol. The smallest absolute Gasteiger partial charge is 0.149 e. The van der Waals surface area contributed by atoms with Gasteiger partial charge in [-0.15, -0.1) is 11.6 Å². The van der Waals surface area contributed by atoms with Gasteiger partial charge in [-0.25, -0.2) is 13.8 Å². The van der Waals surface area contributed by atoms with Gasteiger partial charge in [-0.3, -0.25) is 0 Å². The number of hydrogen-bond acceptors (Lipinski definition) is 1. The number of alkyl halides is 1. The molecule has 1 nitrogen and oxygen atoms in total. The van der Waals surface area contributed by atoms with Crippen LogP contribution in [-0.4, -0.2) is 4.98 Å². The molecule has 0 fully saturated rings. The van der Waals surface area contributed by atoms with Crippen molar-refractivity contribution in [2.24, 2.45) is 0 Å². The Hall–Kier alpha value is -0.930. The van der Waals surface area contributed by atoms with Gasteiger partial charge in [0.15, 0.2) is 0 Å². The lowest BCUT2D eigenvalue weighted by Crippen LogP contribution is -1.92. The number of fused-ring (bicyclic) bond motifs is 1. The highest BCUT2D eigenvalue weighted by molar-refractivity contribution is 6.31. The summed E-state index contributed by atoms with van der Waals surface area (Å²) in [6.07, 6.45) is 0. The van der Waals surface area contributed by atoms with Crippen LogP contribution >= 0.6 is 23.2 Å². The molecule has 0 saturated heterocycles. The fraction of sp³-hybridized carbons (Fsp3) is 0.100. The van der Waals surface area contributed by atoms with Crippen LogP contribution in [0.5, 0.6) is 0 Å². The number of rotatable bonds is 1. The van der Waals surface area contributed by atoms with E-state index in [2.05, 4.69) is 4.98 Å². The number of pyridine rings is 1. The fourth-order valence-electron chi connectivity index (χ4n) is 1.31. The third-order valence-corrected chi connectivity index (χ3v) is 2.67. The molecule has 1 aromatic carbocycles. The molecule has 0 aliphatic heterocycles. The topological polar surface area (TPSA) is 12.9 Å². The van der Waals surface area contributed by atoms with Crippen molar-refractivity contribution in [3.8, 4) is 0 Å². The number of nitrogens with zero attached hydrogens (tertiary/aromatic N) is 1. The Labute approximate surface area is 94.6 Å². The van der Waals surface area contributed by atoms with Crippen LogP contribution in [0.3, 0.4) is 0 Å². The summed E-state index contributed by atoms with van der Waals surface area (Å²) in [5, 5.41) is 0.192.